The van der Waals surface area contributed by atoms with Crippen LogP contribution >= 0.6 is 0 Å². The van der Waals surface area contributed by atoms with Crippen molar-refractivity contribution in [3.63, 3.8) is 0 Å². The number of hydrogen-bond donors (Lipinski definition) is 1. The summed E-state index contributed by atoms with van der Waals surface area (Å²) in [6.45, 7) is 5.90. The molecular formula is C20H21N5O3. The molecule has 3 aromatic rings. The number of rotatable bonds is 6. The molecule has 0 atom stereocenters. The summed E-state index contributed by atoms with van der Waals surface area (Å²) >= 11 is 0. The van der Waals surface area contributed by atoms with Crippen LogP contribution in [0.3, 0.4) is 0 Å². The van der Waals surface area contributed by atoms with Crippen LogP contribution in [-0.2, 0) is 11.3 Å². The first-order valence-electron chi connectivity index (χ1n) is 8.88. The Kier molecular flexibility index (Phi) is 5.78. The number of aromatic nitrogens is 4. The fourth-order valence-corrected chi connectivity index (χ4v) is 2.69. The molecule has 1 amide bonds. The highest BCUT2D eigenvalue weighted by Gasteiger charge is 2.10. The Hall–Kier alpha value is -3.55. The van der Waals surface area contributed by atoms with E-state index in [0.717, 1.165) is 27.4 Å². The largest absolute Gasteiger partial charge is 0.494 e. The summed E-state index contributed by atoms with van der Waals surface area (Å²) in [5, 5.41) is 6.90. The zero-order valence-corrected chi connectivity index (χ0v) is 16.0. The maximum atomic E-state index is 12.3. The van der Waals surface area contributed by atoms with Gasteiger partial charge in [-0.3, -0.25) is 14.9 Å². The highest BCUT2D eigenvalue weighted by molar-refractivity contribution is 5.88. The van der Waals surface area contributed by atoms with E-state index in [-0.39, 0.29) is 18.1 Å². The molecule has 0 aliphatic heterocycles. The molecule has 0 unspecified atom stereocenters. The molecule has 0 radical (unpaired) electrons. The number of hydrogen-bond acceptors (Lipinski definition) is 6. The van der Waals surface area contributed by atoms with Gasteiger partial charge in [-0.05, 0) is 57.2 Å². The van der Waals surface area contributed by atoms with Gasteiger partial charge in [0.2, 0.25) is 11.9 Å². The summed E-state index contributed by atoms with van der Waals surface area (Å²) in [6.07, 6.45) is 0. The number of benzene rings is 1. The van der Waals surface area contributed by atoms with Crippen LogP contribution in [0.15, 0.2) is 47.3 Å². The van der Waals surface area contributed by atoms with Gasteiger partial charge in [0.25, 0.3) is 5.56 Å². The molecule has 3 rings (SSSR count). The second-order valence-electron chi connectivity index (χ2n) is 6.19. The van der Waals surface area contributed by atoms with Crippen LogP contribution in [-0.4, -0.2) is 32.3 Å². The molecule has 28 heavy (non-hydrogen) atoms. The molecule has 2 heterocycles. The number of ether oxygens (including phenoxy) is 1. The van der Waals surface area contributed by atoms with E-state index in [4.69, 9.17) is 4.74 Å². The van der Waals surface area contributed by atoms with Crippen LogP contribution in [0.1, 0.15) is 18.3 Å². The van der Waals surface area contributed by atoms with Crippen molar-refractivity contribution < 1.29 is 9.53 Å². The molecule has 0 fully saturated rings. The molecule has 1 aromatic carbocycles. The van der Waals surface area contributed by atoms with Gasteiger partial charge in [0.15, 0.2) is 0 Å². The van der Waals surface area contributed by atoms with Crippen molar-refractivity contribution in [2.45, 2.75) is 27.3 Å². The molecule has 8 nitrogen and oxygen atoms in total. The lowest BCUT2D eigenvalue weighted by atomic mass is 10.1. The number of amides is 1. The van der Waals surface area contributed by atoms with E-state index in [1.54, 1.807) is 6.07 Å². The summed E-state index contributed by atoms with van der Waals surface area (Å²) in [5.74, 6) is 0.536. The molecule has 0 spiro atoms. The minimum Gasteiger partial charge on any atom is -0.494 e. The fraction of sp³-hybridized carbons (Fsp3) is 0.250. The van der Waals surface area contributed by atoms with Crippen molar-refractivity contribution >= 4 is 11.9 Å². The van der Waals surface area contributed by atoms with Gasteiger partial charge < -0.3 is 4.74 Å². The minimum absolute atomic E-state index is 0.207. The highest BCUT2D eigenvalue weighted by atomic mass is 16.5. The van der Waals surface area contributed by atoms with E-state index in [0.29, 0.717) is 12.3 Å². The molecule has 0 aliphatic rings. The number of anilines is 1. The SMILES string of the molecule is CCOc1ccc(-c2ccc(=O)n(CC(=O)Nc3nc(C)cc(C)n3)n2)cc1. The number of aryl methyl sites for hydroxylation is 2. The average Bonchev–Trinajstić information content (AvgIpc) is 2.63. The number of carbonyl (C=O) groups is 1. The first-order valence-corrected chi connectivity index (χ1v) is 8.88. The second-order valence-corrected chi connectivity index (χ2v) is 6.19. The topological polar surface area (TPSA) is 99.0 Å². The third-order valence-corrected chi connectivity index (χ3v) is 3.85. The molecule has 0 aliphatic carbocycles. The van der Waals surface area contributed by atoms with Gasteiger partial charge in [0, 0.05) is 23.0 Å². The Morgan fingerprint density at radius 2 is 1.75 bits per heavy atom. The first kappa shape index (κ1) is 19.2. The van der Waals surface area contributed by atoms with Gasteiger partial charge >= 0.3 is 0 Å². The molecular weight excluding hydrogens is 358 g/mol. The molecule has 2 aromatic heterocycles. The van der Waals surface area contributed by atoms with Crippen LogP contribution < -0.4 is 15.6 Å². The zero-order chi connectivity index (χ0) is 20.1. The quantitative estimate of drug-likeness (QED) is 0.706. The van der Waals surface area contributed by atoms with E-state index in [9.17, 15) is 9.59 Å². The Morgan fingerprint density at radius 3 is 2.39 bits per heavy atom. The molecule has 8 heteroatoms. The van der Waals surface area contributed by atoms with E-state index >= 15 is 0 Å². The summed E-state index contributed by atoms with van der Waals surface area (Å²) in [6, 6.07) is 12.2. The highest BCUT2D eigenvalue weighted by Crippen LogP contribution is 2.19. The van der Waals surface area contributed by atoms with Gasteiger partial charge in [-0.25, -0.2) is 14.6 Å². The lowest BCUT2D eigenvalue weighted by Gasteiger charge is -2.09. The van der Waals surface area contributed by atoms with Crippen LogP contribution in [0, 0.1) is 13.8 Å². The molecule has 0 saturated heterocycles. The third-order valence-electron chi connectivity index (χ3n) is 3.85. The van der Waals surface area contributed by atoms with Crippen molar-refractivity contribution in [3.8, 4) is 17.0 Å². The fourth-order valence-electron chi connectivity index (χ4n) is 2.69. The molecule has 144 valence electrons. The Bertz CT molecular complexity index is 1020. The van der Waals surface area contributed by atoms with Gasteiger partial charge in [-0.2, -0.15) is 5.10 Å². The summed E-state index contributed by atoms with van der Waals surface area (Å²) < 4.78 is 6.54. The Labute approximate surface area is 162 Å². The van der Waals surface area contributed by atoms with Gasteiger partial charge in [-0.15, -0.1) is 0 Å². The molecule has 1 N–H and O–H groups in total. The van der Waals surface area contributed by atoms with E-state index < -0.39 is 5.91 Å². The van der Waals surface area contributed by atoms with Crippen LogP contribution in [0.2, 0.25) is 0 Å². The summed E-state index contributed by atoms with van der Waals surface area (Å²) in [5.41, 5.74) is 2.52. The zero-order valence-electron chi connectivity index (χ0n) is 16.0. The first-order chi connectivity index (χ1) is 13.4. The predicted octanol–water partition coefficient (Wildman–Crippen LogP) is 2.35. The normalized spacial score (nSPS) is 10.5. The van der Waals surface area contributed by atoms with Gasteiger partial charge in [-0.1, -0.05) is 0 Å². The molecule has 0 saturated carbocycles. The maximum Gasteiger partial charge on any atom is 0.267 e. The smallest absolute Gasteiger partial charge is 0.267 e. The summed E-state index contributed by atoms with van der Waals surface area (Å²) in [7, 11) is 0. The third kappa shape index (κ3) is 4.79. The van der Waals surface area contributed by atoms with Crippen molar-refractivity contribution in [2.24, 2.45) is 0 Å². The average molecular weight is 379 g/mol. The molecule has 0 bridgehead atoms. The predicted molar refractivity (Wildman–Crippen MR) is 105 cm³/mol. The van der Waals surface area contributed by atoms with E-state index in [1.165, 1.54) is 6.07 Å². The van der Waals surface area contributed by atoms with E-state index in [1.807, 2.05) is 51.1 Å². The van der Waals surface area contributed by atoms with Crippen LogP contribution in [0.25, 0.3) is 11.3 Å². The van der Waals surface area contributed by atoms with Crippen molar-refractivity contribution in [1.29, 1.82) is 0 Å². The van der Waals surface area contributed by atoms with Gasteiger partial charge in [0.05, 0.1) is 12.3 Å². The van der Waals surface area contributed by atoms with E-state index in [2.05, 4.69) is 20.4 Å². The Balaban J connectivity index is 1.77. The standard InChI is InChI=1S/C20H21N5O3/c1-4-28-16-7-5-15(6-8-16)17-9-10-19(27)25(24-17)12-18(26)23-20-21-13(2)11-14(3)22-20/h5-11H,4,12H2,1-3H3,(H,21,22,23,26). The van der Waals surface area contributed by atoms with Crippen LogP contribution in [0.5, 0.6) is 5.75 Å². The minimum atomic E-state index is -0.427. The lowest BCUT2D eigenvalue weighted by molar-refractivity contribution is -0.117. The monoisotopic (exact) mass is 379 g/mol. The Morgan fingerprint density at radius 1 is 1.07 bits per heavy atom. The van der Waals surface area contributed by atoms with Crippen molar-refractivity contribution in [1.82, 2.24) is 19.7 Å². The number of nitrogens with zero attached hydrogens (tertiary/aromatic N) is 4. The maximum absolute atomic E-state index is 12.3. The lowest BCUT2D eigenvalue weighted by Crippen LogP contribution is -2.29. The van der Waals surface area contributed by atoms with Crippen molar-refractivity contribution in [3.05, 3.63) is 64.2 Å². The van der Waals surface area contributed by atoms with Crippen molar-refractivity contribution in [2.75, 3.05) is 11.9 Å². The van der Waals surface area contributed by atoms with Crippen LogP contribution in [0.4, 0.5) is 5.95 Å². The number of carbonyl (C=O) groups excluding carboxylic acids is 1. The summed E-state index contributed by atoms with van der Waals surface area (Å²) in [4.78, 5) is 32.7. The second kappa shape index (κ2) is 8.43. The van der Waals surface area contributed by atoms with Gasteiger partial charge in [0.1, 0.15) is 12.3 Å². The number of nitrogens with one attached hydrogen (secondary N) is 1.